The predicted octanol–water partition coefficient (Wildman–Crippen LogP) is 3.85. The van der Waals surface area contributed by atoms with Crippen LogP contribution >= 0.6 is 27.5 Å². The van der Waals surface area contributed by atoms with Crippen LogP contribution in [0.4, 0.5) is 0 Å². The van der Waals surface area contributed by atoms with Crippen LogP contribution in [-0.4, -0.2) is 0 Å². The van der Waals surface area contributed by atoms with Crippen molar-refractivity contribution >= 4 is 27.5 Å². The van der Waals surface area contributed by atoms with Gasteiger partial charge in [-0.05, 0) is 29.7 Å². The number of nitrogens with two attached hydrogens (primary N) is 1. The van der Waals surface area contributed by atoms with Gasteiger partial charge in [-0.15, -0.1) is 0 Å². The van der Waals surface area contributed by atoms with Gasteiger partial charge < -0.3 is 0 Å². The Labute approximate surface area is 120 Å². The third kappa shape index (κ3) is 3.12. The van der Waals surface area contributed by atoms with Crippen LogP contribution in [0, 0.1) is 0 Å². The molecule has 2 aromatic rings. The molecule has 0 aliphatic rings. The lowest BCUT2D eigenvalue weighted by Gasteiger charge is -2.18. The van der Waals surface area contributed by atoms with Crippen LogP contribution in [0.3, 0.4) is 0 Å². The van der Waals surface area contributed by atoms with Crippen LogP contribution < -0.4 is 11.3 Å². The highest BCUT2D eigenvalue weighted by molar-refractivity contribution is 9.10. The van der Waals surface area contributed by atoms with E-state index in [-0.39, 0.29) is 6.04 Å². The second-order valence-electron chi connectivity index (χ2n) is 4.04. The first-order valence-corrected chi connectivity index (χ1v) is 6.83. The van der Waals surface area contributed by atoms with Crippen LogP contribution in [0.25, 0.3) is 0 Å². The minimum Gasteiger partial charge on any atom is -0.271 e. The van der Waals surface area contributed by atoms with Gasteiger partial charge in [0, 0.05) is 9.50 Å². The highest BCUT2D eigenvalue weighted by atomic mass is 79.9. The molecule has 0 aliphatic heterocycles. The molecule has 0 heterocycles. The van der Waals surface area contributed by atoms with E-state index >= 15 is 0 Å². The van der Waals surface area contributed by atoms with Gasteiger partial charge >= 0.3 is 0 Å². The van der Waals surface area contributed by atoms with E-state index in [0.717, 1.165) is 27.0 Å². The Morgan fingerprint density at radius 1 is 1.11 bits per heavy atom. The van der Waals surface area contributed by atoms with Crippen LogP contribution in [-0.2, 0) is 6.42 Å². The van der Waals surface area contributed by atoms with E-state index in [2.05, 4.69) is 21.4 Å². The third-order valence-electron chi connectivity index (χ3n) is 2.86. The Morgan fingerprint density at radius 3 is 2.44 bits per heavy atom. The van der Waals surface area contributed by atoms with E-state index in [1.54, 1.807) is 0 Å². The fraction of sp³-hybridized carbons (Fsp3) is 0.143. The molecule has 3 N–H and O–H groups in total. The summed E-state index contributed by atoms with van der Waals surface area (Å²) in [6.07, 6.45) is 0.749. The van der Waals surface area contributed by atoms with Gasteiger partial charge in [-0.1, -0.05) is 63.9 Å². The first kappa shape index (κ1) is 13.6. The van der Waals surface area contributed by atoms with Crippen molar-refractivity contribution in [2.45, 2.75) is 12.5 Å². The van der Waals surface area contributed by atoms with Crippen molar-refractivity contribution in [3.63, 3.8) is 0 Å². The molecule has 2 rings (SSSR count). The molecule has 0 fully saturated rings. The van der Waals surface area contributed by atoms with Crippen molar-refractivity contribution in [3.8, 4) is 0 Å². The Bertz CT molecular complexity index is 531. The molecule has 1 atom stereocenters. The molecular formula is C14H14BrClN2. The van der Waals surface area contributed by atoms with Crippen LogP contribution in [0.5, 0.6) is 0 Å². The fourth-order valence-corrected chi connectivity index (χ4v) is 2.67. The molecule has 0 aromatic heterocycles. The van der Waals surface area contributed by atoms with Crippen molar-refractivity contribution in [1.82, 2.24) is 5.43 Å². The minimum absolute atomic E-state index is 0.0282. The lowest BCUT2D eigenvalue weighted by Crippen LogP contribution is -2.29. The predicted molar refractivity (Wildman–Crippen MR) is 79.4 cm³/mol. The number of hydrazine groups is 1. The molecule has 0 aliphatic carbocycles. The van der Waals surface area contributed by atoms with Gasteiger partial charge in [0.05, 0.1) is 6.04 Å². The van der Waals surface area contributed by atoms with E-state index in [1.165, 1.54) is 0 Å². The summed E-state index contributed by atoms with van der Waals surface area (Å²) in [5, 5.41) is 0.768. The van der Waals surface area contributed by atoms with Crippen molar-refractivity contribution in [2.75, 3.05) is 0 Å². The Hall–Kier alpha value is -0.870. The summed E-state index contributed by atoms with van der Waals surface area (Å²) in [5.74, 6) is 5.66. The fourth-order valence-electron chi connectivity index (χ4n) is 1.90. The molecule has 0 radical (unpaired) electrons. The van der Waals surface area contributed by atoms with Gasteiger partial charge in [0.1, 0.15) is 0 Å². The van der Waals surface area contributed by atoms with Crippen molar-refractivity contribution in [1.29, 1.82) is 0 Å². The van der Waals surface area contributed by atoms with Gasteiger partial charge in [0.25, 0.3) is 0 Å². The van der Waals surface area contributed by atoms with Crippen molar-refractivity contribution in [2.24, 2.45) is 5.84 Å². The van der Waals surface area contributed by atoms with Gasteiger partial charge in [-0.3, -0.25) is 11.3 Å². The quantitative estimate of drug-likeness (QED) is 0.662. The smallest absolute Gasteiger partial charge is 0.0511 e. The largest absolute Gasteiger partial charge is 0.271 e. The van der Waals surface area contributed by atoms with E-state index in [9.17, 15) is 0 Å². The van der Waals surface area contributed by atoms with Crippen molar-refractivity contribution < 1.29 is 0 Å². The molecule has 1 unspecified atom stereocenters. The summed E-state index contributed by atoms with van der Waals surface area (Å²) in [6, 6.07) is 15.9. The average Bonchev–Trinajstić information content (AvgIpc) is 2.39. The zero-order valence-corrected chi connectivity index (χ0v) is 12.1. The standard InChI is InChI=1S/C14H14BrClN2/c15-12-7-3-2-6-11(12)14(18-17)9-10-5-1-4-8-13(10)16/h1-8,14,18H,9,17H2. The third-order valence-corrected chi connectivity index (χ3v) is 3.95. The monoisotopic (exact) mass is 324 g/mol. The van der Waals surface area contributed by atoms with Gasteiger partial charge in [-0.25, -0.2) is 0 Å². The highest BCUT2D eigenvalue weighted by Crippen LogP contribution is 2.27. The first-order valence-electron chi connectivity index (χ1n) is 5.66. The zero-order valence-electron chi connectivity index (χ0n) is 9.74. The van der Waals surface area contributed by atoms with Gasteiger partial charge in [0.2, 0.25) is 0 Å². The maximum atomic E-state index is 6.17. The van der Waals surface area contributed by atoms with E-state index in [1.807, 2.05) is 48.5 Å². The van der Waals surface area contributed by atoms with E-state index < -0.39 is 0 Å². The topological polar surface area (TPSA) is 38.0 Å². The summed E-state index contributed by atoms with van der Waals surface area (Å²) in [5.41, 5.74) is 5.05. The Morgan fingerprint density at radius 2 is 1.78 bits per heavy atom. The second kappa shape index (κ2) is 6.34. The highest BCUT2D eigenvalue weighted by Gasteiger charge is 2.14. The maximum absolute atomic E-state index is 6.17. The van der Waals surface area contributed by atoms with E-state index in [4.69, 9.17) is 17.4 Å². The molecule has 2 nitrogen and oxygen atoms in total. The molecule has 0 spiro atoms. The molecule has 0 saturated carbocycles. The number of nitrogens with one attached hydrogen (secondary N) is 1. The number of benzene rings is 2. The second-order valence-corrected chi connectivity index (χ2v) is 5.30. The normalized spacial score (nSPS) is 12.4. The van der Waals surface area contributed by atoms with Crippen LogP contribution in [0.2, 0.25) is 5.02 Å². The number of halogens is 2. The molecular weight excluding hydrogens is 312 g/mol. The molecule has 0 bridgehead atoms. The lowest BCUT2D eigenvalue weighted by atomic mass is 9.99. The molecule has 4 heteroatoms. The summed E-state index contributed by atoms with van der Waals surface area (Å²) in [7, 11) is 0. The number of rotatable bonds is 4. The minimum atomic E-state index is 0.0282. The lowest BCUT2D eigenvalue weighted by molar-refractivity contribution is 0.550. The molecule has 94 valence electrons. The Balaban J connectivity index is 2.26. The maximum Gasteiger partial charge on any atom is 0.0511 e. The SMILES string of the molecule is NNC(Cc1ccccc1Cl)c1ccccc1Br. The number of hydrogen-bond acceptors (Lipinski definition) is 2. The van der Waals surface area contributed by atoms with Crippen LogP contribution in [0.1, 0.15) is 17.2 Å². The summed E-state index contributed by atoms with van der Waals surface area (Å²) in [6.45, 7) is 0. The van der Waals surface area contributed by atoms with Crippen molar-refractivity contribution in [3.05, 3.63) is 69.2 Å². The van der Waals surface area contributed by atoms with E-state index in [0.29, 0.717) is 0 Å². The zero-order chi connectivity index (χ0) is 13.0. The average molecular weight is 326 g/mol. The summed E-state index contributed by atoms with van der Waals surface area (Å²) < 4.78 is 1.04. The van der Waals surface area contributed by atoms with Gasteiger partial charge in [0.15, 0.2) is 0 Å². The van der Waals surface area contributed by atoms with Gasteiger partial charge in [-0.2, -0.15) is 0 Å². The molecule has 2 aromatic carbocycles. The summed E-state index contributed by atoms with van der Waals surface area (Å²) >= 11 is 9.71. The molecule has 0 saturated heterocycles. The molecule has 0 amide bonds. The summed E-state index contributed by atoms with van der Waals surface area (Å²) in [4.78, 5) is 0. The Kier molecular flexibility index (Phi) is 4.78. The molecule has 18 heavy (non-hydrogen) atoms. The van der Waals surface area contributed by atoms with Crippen LogP contribution in [0.15, 0.2) is 53.0 Å². The number of hydrogen-bond donors (Lipinski definition) is 2. The first-order chi connectivity index (χ1) is 8.72.